The number of hydrogen-bond acceptors (Lipinski definition) is 5. The van der Waals surface area contributed by atoms with Gasteiger partial charge in [-0.1, -0.05) is 18.2 Å². The molecule has 0 saturated carbocycles. The number of benzene rings is 1. The molecule has 2 aromatic rings. The minimum Gasteiger partial charge on any atom is -0.350 e. The van der Waals surface area contributed by atoms with Crippen LogP contribution in [0.25, 0.3) is 0 Å². The molecule has 1 aromatic carbocycles. The SMILES string of the molecule is CC(C)NS(=O)(=O)c1cccc(CNC(=O)C(C)NC(=O)c2cccs2)c1. The molecule has 2 amide bonds. The summed E-state index contributed by atoms with van der Waals surface area (Å²) in [5.41, 5.74) is 0.645. The highest BCUT2D eigenvalue weighted by Crippen LogP contribution is 2.12. The summed E-state index contributed by atoms with van der Waals surface area (Å²) >= 11 is 1.30. The van der Waals surface area contributed by atoms with Gasteiger partial charge in [-0.15, -0.1) is 11.3 Å². The molecule has 0 fully saturated rings. The van der Waals surface area contributed by atoms with Crippen LogP contribution in [0.1, 0.15) is 36.0 Å². The zero-order chi connectivity index (χ0) is 20.0. The van der Waals surface area contributed by atoms with Crippen LogP contribution in [0.4, 0.5) is 0 Å². The van der Waals surface area contributed by atoms with E-state index in [4.69, 9.17) is 0 Å². The number of hydrogen-bond donors (Lipinski definition) is 3. The third-order valence-electron chi connectivity index (χ3n) is 3.55. The van der Waals surface area contributed by atoms with Crippen molar-refractivity contribution in [3.05, 3.63) is 52.2 Å². The first-order chi connectivity index (χ1) is 12.7. The van der Waals surface area contributed by atoms with E-state index in [1.54, 1.807) is 50.4 Å². The lowest BCUT2D eigenvalue weighted by atomic mass is 10.2. The van der Waals surface area contributed by atoms with Crippen molar-refractivity contribution < 1.29 is 18.0 Å². The first kappa shape index (κ1) is 21.1. The van der Waals surface area contributed by atoms with E-state index >= 15 is 0 Å². The third kappa shape index (κ3) is 6.16. The van der Waals surface area contributed by atoms with Crippen LogP contribution in [0, 0.1) is 0 Å². The summed E-state index contributed by atoms with van der Waals surface area (Å²) in [5.74, 6) is -0.658. The summed E-state index contributed by atoms with van der Waals surface area (Å²) in [5, 5.41) is 7.12. The zero-order valence-corrected chi connectivity index (χ0v) is 17.0. The van der Waals surface area contributed by atoms with Gasteiger partial charge in [-0.2, -0.15) is 0 Å². The van der Waals surface area contributed by atoms with Gasteiger partial charge < -0.3 is 10.6 Å². The fourth-order valence-electron chi connectivity index (χ4n) is 2.28. The molecule has 2 rings (SSSR count). The highest BCUT2D eigenvalue weighted by Gasteiger charge is 2.18. The van der Waals surface area contributed by atoms with Gasteiger partial charge in [0, 0.05) is 12.6 Å². The monoisotopic (exact) mass is 409 g/mol. The van der Waals surface area contributed by atoms with Crippen molar-refractivity contribution in [1.82, 2.24) is 15.4 Å². The molecule has 0 saturated heterocycles. The Morgan fingerprint density at radius 3 is 2.48 bits per heavy atom. The largest absolute Gasteiger partial charge is 0.350 e. The predicted molar refractivity (Wildman–Crippen MR) is 105 cm³/mol. The van der Waals surface area contributed by atoms with E-state index in [0.717, 1.165) is 0 Å². The molecule has 0 spiro atoms. The van der Waals surface area contributed by atoms with E-state index in [9.17, 15) is 18.0 Å². The maximum atomic E-state index is 12.2. The standard InChI is InChI=1S/C18H23N3O4S2/c1-12(2)21-27(24,25)15-7-4-6-14(10-15)11-19-17(22)13(3)20-18(23)16-8-5-9-26-16/h4-10,12-13,21H,11H2,1-3H3,(H,19,22)(H,20,23). The molecule has 1 aromatic heterocycles. The number of sulfonamides is 1. The molecule has 1 atom stereocenters. The van der Waals surface area contributed by atoms with Gasteiger partial charge in [0.25, 0.3) is 5.91 Å². The molecule has 1 unspecified atom stereocenters. The van der Waals surface area contributed by atoms with Gasteiger partial charge in [-0.05, 0) is 49.9 Å². The summed E-state index contributed by atoms with van der Waals surface area (Å²) < 4.78 is 27.0. The van der Waals surface area contributed by atoms with Crippen molar-refractivity contribution in [2.75, 3.05) is 0 Å². The summed E-state index contributed by atoms with van der Waals surface area (Å²) in [6.07, 6.45) is 0. The molecule has 0 bridgehead atoms. The molecule has 27 heavy (non-hydrogen) atoms. The lowest BCUT2D eigenvalue weighted by Crippen LogP contribution is -2.44. The molecule has 1 heterocycles. The topological polar surface area (TPSA) is 104 Å². The van der Waals surface area contributed by atoms with Crippen molar-refractivity contribution in [1.29, 1.82) is 0 Å². The van der Waals surface area contributed by atoms with Crippen molar-refractivity contribution >= 4 is 33.2 Å². The number of nitrogens with one attached hydrogen (secondary N) is 3. The molecule has 0 aliphatic carbocycles. The average Bonchev–Trinajstić information content (AvgIpc) is 3.13. The summed E-state index contributed by atoms with van der Waals surface area (Å²) in [7, 11) is -3.60. The number of carbonyl (C=O) groups excluding carboxylic acids is 2. The van der Waals surface area contributed by atoms with Crippen molar-refractivity contribution in [3.8, 4) is 0 Å². The van der Waals surface area contributed by atoms with Crippen LogP contribution < -0.4 is 15.4 Å². The number of rotatable bonds is 8. The van der Waals surface area contributed by atoms with Gasteiger partial charge in [0.15, 0.2) is 0 Å². The highest BCUT2D eigenvalue weighted by molar-refractivity contribution is 7.89. The van der Waals surface area contributed by atoms with Crippen LogP contribution >= 0.6 is 11.3 Å². The Hall–Kier alpha value is -2.23. The quantitative estimate of drug-likeness (QED) is 0.619. The normalized spacial score (nSPS) is 12.6. The molecule has 146 valence electrons. The Labute approximate surface area is 163 Å². The Kier molecular flexibility index (Phi) is 7.11. The average molecular weight is 410 g/mol. The summed E-state index contributed by atoms with van der Waals surface area (Å²) in [6, 6.07) is 8.88. The summed E-state index contributed by atoms with van der Waals surface area (Å²) in [6.45, 7) is 5.23. The predicted octanol–water partition coefficient (Wildman–Crippen LogP) is 1.87. The molecule has 9 heteroatoms. The molecule has 7 nitrogen and oxygen atoms in total. The fraction of sp³-hybridized carbons (Fsp3) is 0.333. The Balaban J connectivity index is 1.95. The van der Waals surface area contributed by atoms with Gasteiger partial charge in [-0.3, -0.25) is 9.59 Å². The minimum absolute atomic E-state index is 0.141. The molecule has 0 aliphatic heterocycles. The van der Waals surface area contributed by atoms with Crippen molar-refractivity contribution in [2.45, 2.75) is 44.3 Å². The van der Waals surface area contributed by atoms with Gasteiger partial charge in [0.05, 0.1) is 9.77 Å². The lowest BCUT2D eigenvalue weighted by Gasteiger charge is -2.14. The van der Waals surface area contributed by atoms with Crippen LogP contribution in [0.2, 0.25) is 0 Å². The zero-order valence-electron chi connectivity index (χ0n) is 15.4. The van der Waals surface area contributed by atoms with E-state index in [0.29, 0.717) is 10.4 Å². The number of carbonyl (C=O) groups is 2. The maximum absolute atomic E-state index is 12.2. The Morgan fingerprint density at radius 2 is 1.85 bits per heavy atom. The fourth-order valence-corrected chi connectivity index (χ4v) is 4.23. The highest BCUT2D eigenvalue weighted by atomic mass is 32.2. The lowest BCUT2D eigenvalue weighted by molar-refractivity contribution is -0.122. The van der Waals surface area contributed by atoms with Gasteiger partial charge in [-0.25, -0.2) is 13.1 Å². The second-order valence-electron chi connectivity index (χ2n) is 6.31. The molecule has 0 aliphatic rings. The van der Waals surface area contributed by atoms with Gasteiger partial charge in [0.2, 0.25) is 15.9 Å². The summed E-state index contributed by atoms with van der Waals surface area (Å²) in [4.78, 5) is 24.9. The second kappa shape index (κ2) is 9.12. The van der Waals surface area contributed by atoms with Gasteiger partial charge >= 0.3 is 0 Å². The van der Waals surface area contributed by atoms with Crippen LogP contribution in [-0.2, 0) is 21.4 Å². The van der Waals surface area contributed by atoms with Crippen LogP contribution in [0.3, 0.4) is 0 Å². The number of amides is 2. The third-order valence-corrected chi connectivity index (χ3v) is 6.08. The Morgan fingerprint density at radius 1 is 1.11 bits per heavy atom. The number of thiophene rings is 1. The van der Waals surface area contributed by atoms with Crippen molar-refractivity contribution in [3.63, 3.8) is 0 Å². The van der Waals surface area contributed by atoms with E-state index in [-0.39, 0.29) is 29.3 Å². The first-order valence-electron chi connectivity index (χ1n) is 8.42. The van der Waals surface area contributed by atoms with Gasteiger partial charge in [0.1, 0.15) is 6.04 Å². The molecule has 3 N–H and O–H groups in total. The first-order valence-corrected chi connectivity index (χ1v) is 10.8. The van der Waals surface area contributed by atoms with Crippen LogP contribution in [0.5, 0.6) is 0 Å². The van der Waals surface area contributed by atoms with Crippen LogP contribution in [0.15, 0.2) is 46.7 Å². The molecular formula is C18H23N3O4S2. The van der Waals surface area contributed by atoms with Crippen molar-refractivity contribution in [2.24, 2.45) is 0 Å². The smallest absolute Gasteiger partial charge is 0.261 e. The van der Waals surface area contributed by atoms with E-state index in [1.165, 1.54) is 23.5 Å². The molecule has 0 radical (unpaired) electrons. The van der Waals surface area contributed by atoms with E-state index < -0.39 is 16.1 Å². The van der Waals surface area contributed by atoms with E-state index in [1.807, 2.05) is 0 Å². The van der Waals surface area contributed by atoms with E-state index in [2.05, 4.69) is 15.4 Å². The molecular weight excluding hydrogens is 386 g/mol. The maximum Gasteiger partial charge on any atom is 0.261 e. The second-order valence-corrected chi connectivity index (χ2v) is 8.98. The Bertz CT molecular complexity index is 893. The minimum atomic E-state index is -3.60. The van der Waals surface area contributed by atoms with Crippen LogP contribution in [-0.4, -0.2) is 32.3 Å².